The molecule has 0 unspecified atom stereocenters. The van der Waals surface area contributed by atoms with Gasteiger partial charge in [-0.2, -0.15) is 0 Å². The van der Waals surface area contributed by atoms with Crippen LogP contribution < -0.4 is 10.1 Å². The quantitative estimate of drug-likeness (QED) is 0.722. The van der Waals surface area contributed by atoms with Gasteiger partial charge in [0.15, 0.2) is 0 Å². The number of thioether (sulfide) groups is 1. The Labute approximate surface area is 142 Å². The topological polar surface area (TPSA) is 38.3 Å². The zero-order valence-corrected chi connectivity index (χ0v) is 14.4. The summed E-state index contributed by atoms with van der Waals surface area (Å²) in [4.78, 5) is 11.9. The van der Waals surface area contributed by atoms with Crippen LogP contribution in [0.4, 0.5) is 5.69 Å². The van der Waals surface area contributed by atoms with Crippen LogP contribution in [0.1, 0.15) is 25.3 Å². The van der Waals surface area contributed by atoms with Crippen LogP contribution in [0, 0.1) is 0 Å². The fourth-order valence-corrected chi connectivity index (χ4v) is 2.65. The van der Waals surface area contributed by atoms with Crippen molar-refractivity contribution in [2.24, 2.45) is 0 Å². The number of hydrogen-bond donors (Lipinski definition) is 1. The summed E-state index contributed by atoms with van der Waals surface area (Å²) in [5.41, 5.74) is 2.12. The summed E-state index contributed by atoms with van der Waals surface area (Å²) in [5, 5.41) is 2.92. The standard InChI is InChI=1S/C19H23NO2S/c1-15(2)16-8-10-17(11-9-16)20-19(21)14-23-13-12-22-18-6-4-3-5-7-18/h3-11,15H,12-14H2,1-2H3,(H,20,21). The second-order valence-electron chi connectivity index (χ2n) is 5.54. The Morgan fingerprint density at radius 3 is 2.43 bits per heavy atom. The van der Waals surface area contributed by atoms with Gasteiger partial charge in [-0.1, -0.05) is 44.2 Å². The number of carbonyl (C=O) groups is 1. The van der Waals surface area contributed by atoms with Crippen LogP contribution in [0.3, 0.4) is 0 Å². The van der Waals surface area contributed by atoms with Crippen LogP contribution in [-0.4, -0.2) is 24.0 Å². The molecule has 0 radical (unpaired) electrons. The lowest BCUT2D eigenvalue weighted by Crippen LogP contribution is -2.15. The first-order valence-electron chi connectivity index (χ1n) is 7.80. The second kappa shape index (κ2) is 9.26. The van der Waals surface area contributed by atoms with Crippen molar-refractivity contribution < 1.29 is 9.53 Å². The normalized spacial score (nSPS) is 10.6. The van der Waals surface area contributed by atoms with Gasteiger partial charge in [0.1, 0.15) is 5.75 Å². The summed E-state index contributed by atoms with van der Waals surface area (Å²) in [6, 6.07) is 17.7. The lowest BCUT2D eigenvalue weighted by Gasteiger charge is -2.09. The van der Waals surface area contributed by atoms with E-state index in [4.69, 9.17) is 4.74 Å². The number of nitrogens with one attached hydrogen (secondary N) is 1. The molecule has 2 rings (SSSR count). The van der Waals surface area contributed by atoms with Gasteiger partial charge < -0.3 is 10.1 Å². The molecule has 122 valence electrons. The largest absolute Gasteiger partial charge is 0.493 e. The van der Waals surface area contributed by atoms with E-state index in [9.17, 15) is 4.79 Å². The zero-order valence-electron chi connectivity index (χ0n) is 13.6. The van der Waals surface area contributed by atoms with E-state index in [2.05, 4.69) is 31.3 Å². The van der Waals surface area contributed by atoms with E-state index < -0.39 is 0 Å². The van der Waals surface area contributed by atoms with Crippen molar-refractivity contribution in [1.82, 2.24) is 0 Å². The first kappa shape index (κ1) is 17.4. The lowest BCUT2D eigenvalue weighted by atomic mass is 10.0. The van der Waals surface area contributed by atoms with Crippen molar-refractivity contribution in [2.75, 3.05) is 23.4 Å². The number of carbonyl (C=O) groups excluding carboxylic acids is 1. The Morgan fingerprint density at radius 2 is 1.78 bits per heavy atom. The Hall–Kier alpha value is -1.94. The van der Waals surface area contributed by atoms with Gasteiger partial charge in [0, 0.05) is 11.4 Å². The third-order valence-corrected chi connectivity index (χ3v) is 4.26. The number of ether oxygens (including phenoxy) is 1. The van der Waals surface area contributed by atoms with Crippen LogP contribution >= 0.6 is 11.8 Å². The molecule has 0 saturated heterocycles. The predicted molar refractivity (Wildman–Crippen MR) is 98.4 cm³/mol. The Kier molecular flexibility index (Phi) is 7.01. The highest BCUT2D eigenvalue weighted by Gasteiger charge is 2.04. The molecule has 4 heteroatoms. The van der Waals surface area contributed by atoms with Crippen molar-refractivity contribution in [1.29, 1.82) is 0 Å². The first-order chi connectivity index (χ1) is 11.1. The molecule has 0 heterocycles. The number of hydrogen-bond acceptors (Lipinski definition) is 3. The molecule has 0 bridgehead atoms. The summed E-state index contributed by atoms with van der Waals surface area (Å²) >= 11 is 1.57. The highest BCUT2D eigenvalue weighted by molar-refractivity contribution is 7.99. The van der Waals surface area contributed by atoms with Crippen LogP contribution in [0.15, 0.2) is 54.6 Å². The monoisotopic (exact) mass is 329 g/mol. The summed E-state index contributed by atoms with van der Waals surface area (Å²) < 4.78 is 5.59. The van der Waals surface area contributed by atoms with E-state index in [1.807, 2.05) is 42.5 Å². The molecule has 1 N–H and O–H groups in total. The van der Waals surface area contributed by atoms with Gasteiger partial charge in [0.25, 0.3) is 0 Å². The molecule has 1 amide bonds. The van der Waals surface area contributed by atoms with E-state index in [1.165, 1.54) is 5.56 Å². The van der Waals surface area contributed by atoms with E-state index in [0.29, 0.717) is 18.3 Å². The molecule has 3 nitrogen and oxygen atoms in total. The average Bonchev–Trinajstić information content (AvgIpc) is 2.56. The van der Waals surface area contributed by atoms with Crippen molar-refractivity contribution in [3.8, 4) is 5.75 Å². The number of para-hydroxylation sites is 1. The molecule has 23 heavy (non-hydrogen) atoms. The SMILES string of the molecule is CC(C)c1ccc(NC(=O)CSCCOc2ccccc2)cc1. The Balaban J connectivity index is 1.63. The highest BCUT2D eigenvalue weighted by Crippen LogP contribution is 2.17. The van der Waals surface area contributed by atoms with Gasteiger partial charge in [0.05, 0.1) is 12.4 Å². The van der Waals surface area contributed by atoms with Gasteiger partial charge in [-0.25, -0.2) is 0 Å². The molecule has 0 aliphatic rings. The summed E-state index contributed by atoms with van der Waals surface area (Å²) in [7, 11) is 0. The molecule has 0 spiro atoms. The molecular formula is C19H23NO2S. The van der Waals surface area contributed by atoms with E-state index in [0.717, 1.165) is 17.2 Å². The minimum atomic E-state index is 0.0204. The molecule has 2 aromatic carbocycles. The fraction of sp³-hybridized carbons (Fsp3) is 0.316. The summed E-state index contributed by atoms with van der Waals surface area (Å²) in [6.07, 6.45) is 0. The first-order valence-corrected chi connectivity index (χ1v) is 8.96. The molecular weight excluding hydrogens is 306 g/mol. The number of amides is 1. The van der Waals surface area contributed by atoms with Crippen LogP contribution in [0.2, 0.25) is 0 Å². The van der Waals surface area contributed by atoms with Gasteiger partial charge in [-0.05, 0) is 35.7 Å². The zero-order chi connectivity index (χ0) is 16.5. The Bertz CT molecular complexity index is 597. The second-order valence-corrected chi connectivity index (χ2v) is 6.64. The maximum absolute atomic E-state index is 11.9. The van der Waals surface area contributed by atoms with Crippen molar-refractivity contribution in [2.45, 2.75) is 19.8 Å². The smallest absolute Gasteiger partial charge is 0.234 e. The van der Waals surface area contributed by atoms with Crippen LogP contribution in [0.5, 0.6) is 5.75 Å². The fourth-order valence-electron chi connectivity index (χ4n) is 2.05. The predicted octanol–water partition coefficient (Wildman–Crippen LogP) is 4.56. The van der Waals surface area contributed by atoms with E-state index in [1.54, 1.807) is 11.8 Å². The van der Waals surface area contributed by atoms with Gasteiger partial charge in [-0.15, -0.1) is 11.8 Å². The third-order valence-electron chi connectivity index (χ3n) is 3.33. The molecule has 2 aromatic rings. The van der Waals surface area contributed by atoms with Crippen LogP contribution in [0.25, 0.3) is 0 Å². The molecule has 0 aliphatic carbocycles. The van der Waals surface area contributed by atoms with Gasteiger partial charge >= 0.3 is 0 Å². The summed E-state index contributed by atoms with van der Waals surface area (Å²) in [6.45, 7) is 4.91. The molecule has 0 aromatic heterocycles. The van der Waals surface area contributed by atoms with Gasteiger partial charge in [-0.3, -0.25) is 4.79 Å². The van der Waals surface area contributed by atoms with Crippen molar-refractivity contribution in [3.63, 3.8) is 0 Å². The summed E-state index contributed by atoms with van der Waals surface area (Å²) in [5.74, 6) is 2.60. The maximum Gasteiger partial charge on any atom is 0.234 e. The van der Waals surface area contributed by atoms with Gasteiger partial charge in [0.2, 0.25) is 5.91 Å². The molecule has 0 fully saturated rings. The lowest BCUT2D eigenvalue weighted by molar-refractivity contribution is -0.113. The third kappa shape index (κ3) is 6.37. The highest BCUT2D eigenvalue weighted by atomic mass is 32.2. The maximum atomic E-state index is 11.9. The molecule has 0 atom stereocenters. The van der Waals surface area contributed by atoms with Crippen molar-refractivity contribution >= 4 is 23.4 Å². The minimum absolute atomic E-state index is 0.0204. The minimum Gasteiger partial charge on any atom is -0.493 e. The van der Waals surface area contributed by atoms with E-state index >= 15 is 0 Å². The number of benzene rings is 2. The van der Waals surface area contributed by atoms with E-state index in [-0.39, 0.29) is 5.91 Å². The number of rotatable bonds is 8. The average molecular weight is 329 g/mol. The van der Waals surface area contributed by atoms with Crippen LogP contribution in [-0.2, 0) is 4.79 Å². The molecule has 0 aliphatic heterocycles. The number of anilines is 1. The Morgan fingerprint density at radius 1 is 1.09 bits per heavy atom. The molecule has 0 saturated carbocycles. The van der Waals surface area contributed by atoms with Crippen molar-refractivity contribution in [3.05, 3.63) is 60.2 Å².